The zero-order valence-electron chi connectivity index (χ0n) is 14.1. The lowest BCUT2D eigenvalue weighted by atomic mass is 10.2. The highest BCUT2D eigenvalue weighted by Gasteiger charge is 2.20. The van der Waals surface area contributed by atoms with Gasteiger partial charge >= 0.3 is 0 Å². The van der Waals surface area contributed by atoms with Crippen LogP contribution in [0.1, 0.15) is 12.5 Å². The van der Waals surface area contributed by atoms with Gasteiger partial charge in [-0.25, -0.2) is 4.68 Å². The van der Waals surface area contributed by atoms with Crippen molar-refractivity contribution in [2.24, 2.45) is 0 Å². The van der Waals surface area contributed by atoms with Crippen molar-refractivity contribution in [3.63, 3.8) is 0 Å². The zero-order valence-corrected chi connectivity index (χ0v) is 15.7. The van der Waals surface area contributed by atoms with Gasteiger partial charge in [-0.15, -0.1) is 10.2 Å². The van der Waals surface area contributed by atoms with Crippen LogP contribution in [0.2, 0.25) is 5.02 Å². The highest BCUT2D eigenvalue weighted by atomic mass is 35.5. The molecule has 1 unspecified atom stereocenters. The molecule has 134 valence electrons. The molecular formula is C18H18ClN5OS. The van der Waals surface area contributed by atoms with Gasteiger partial charge in [0.15, 0.2) is 5.82 Å². The summed E-state index contributed by atoms with van der Waals surface area (Å²) < 4.78 is 1.35. The van der Waals surface area contributed by atoms with E-state index >= 15 is 0 Å². The SMILES string of the molecule is CC(Sc1nnc(-c2ccccc2Cl)n1N)C(=O)NCc1ccccc1. The fourth-order valence-electron chi connectivity index (χ4n) is 2.32. The number of aromatic nitrogens is 3. The average Bonchev–Trinajstić information content (AvgIpc) is 3.01. The first kappa shape index (κ1) is 18.3. The lowest BCUT2D eigenvalue weighted by Gasteiger charge is -2.11. The van der Waals surface area contributed by atoms with Crippen LogP contribution in [-0.4, -0.2) is 26.0 Å². The Morgan fingerprint density at radius 3 is 2.62 bits per heavy atom. The van der Waals surface area contributed by atoms with E-state index in [-0.39, 0.29) is 11.2 Å². The molecule has 0 spiro atoms. The van der Waals surface area contributed by atoms with E-state index in [0.717, 1.165) is 5.56 Å². The number of carbonyl (C=O) groups is 1. The third-order valence-electron chi connectivity index (χ3n) is 3.74. The molecule has 6 nitrogen and oxygen atoms in total. The van der Waals surface area contributed by atoms with Gasteiger partial charge < -0.3 is 11.2 Å². The third-order valence-corrected chi connectivity index (χ3v) is 5.13. The number of rotatable bonds is 6. The number of hydrogen-bond acceptors (Lipinski definition) is 5. The van der Waals surface area contributed by atoms with E-state index < -0.39 is 0 Å². The molecule has 0 radical (unpaired) electrons. The third kappa shape index (κ3) is 4.17. The number of thioether (sulfide) groups is 1. The Kier molecular flexibility index (Phi) is 5.80. The first-order valence-corrected chi connectivity index (χ1v) is 9.25. The molecule has 0 fully saturated rings. The van der Waals surface area contributed by atoms with E-state index in [1.807, 2.05) is 48.5 Å². The zero-order chi connectivity index (χ0) is 18.5. The van der Waals surface area contributed by atoms with Gasteiger partial charge in [0.25, 0.3) is 0 Å². The molecule has 1 heterocycles. The molecular weight excluding hydrogens is 370 g/mol. The Hall–Kier alpha value is -2.51. The van der Waals surface area contributed by atoms with Gasteiger partial charge in [-0.1, -0.05) is 65.8 Å². The van der Waals surface area contributed by atoms with Gasteiger partial charge in [-0.3, -0.25) is 4.79 Å². The molecule has 0 aliphatic rings. The monoisotopic (exact) mass is 387 g/mol. The minimum absolute atomic E-state index is 0.0962. The summed E-state index contributed by atoms with van der Waals surface area (Å²) in [5.41, 5.74) is 1.73. The average molecular weight is 388 g/mol. The molecule has 0 aliphatic heterocycles. The Labute approximate surface area is 160 Å². The molecule has 1 atom stereocenters. The van der Waals surface area contributed by atoms with Gasteiger partial charge in [0.2, 0.25) is 11.1 Å². The van der Waals surface area contributed by atoms with Crippen molar-refractivity contribution in [3.05, 3.63) is 65.2 Å². The summed E-state index contributed by atoms with van der Waals surface area (Å²) in [5.74, 6) is 6.46. The van der Waals surface area contributed by atoms with Crippen LogP contribution in [0, 0.1) is 0 Å². The summed E-state index contributed by atoms with van der Waals surface area (Å²) in [6.45, 7) is 2.28. The number of nitrogens with zero attached hydrogens (tertiary/aromatic N) is 3. The lowest BCUT2D eigenvalue weighted by molar-refractivity contribution is -0.120. The molecule has 3 aromatic rings. The standard InChI is InChI=1S/C18H18ClN5OS/c1-12(17(25)21-11-13-7-3-2-4-8-13)26-18-23-22-16(24(18)20)14-9-5-6-10-15(14)19/h2-10,12H,11,20H2,1H3,(H,21,25). The minimum atomic E-state index is -0.371. The molecule has 0 aliphatic carbocycles. The van der Waals surface area contributed by atoms with Gasteiger partial charge in [0.1, 0.15) is 0 Å². The Balaban J connectivity index is 1.65. The maximum Gasteiger partial charge on any atom is 0.233 e. The van der Waals surface area contributed by atoms with Gasteiger partial charge in [-0.05, 0) is 24.6 Å². The summed E-state index contributed by atoms with van der Waals surface area (Å²) in [7, 11) is 0. The fourth-order valence-corrected chi connectivity index (χ4v) is 3.34. The molecule has 3 N–H and O–H groups in total. The second-order valence-corrected chi connectivity index (χ2v) is 7.33. The topological polar surface area (TPSA) is 85.8 Å². The minimum Gasteiger partial charge on any atom is -0.351 e. The molecule has 0 saturated heterocycles. The van der Waals surface area contributed by atoms with E-state index in [4.69, 9.17) is 17.4 Å². The molecule has 3 rings (SSSR count). The molecule has 0 saturated carbocycles. The van der Waals surface area contributed by atoms with E-state index in [9.17, 15) is 4.79 Å². The van der Waals surface area contributed by atoms with E-state index in [2.05, 4.69) is 15.5 Å². The normalized spacial score (nSPS) is 11.9. The van der Waals surface area contributed by atoms with Crippen molar-refractivity contribution in [2.75, 3.05) is 5.84 Å². The number of hydrogen-bond donors (Lipinski definition) is 2. The second-order valence-electron chi connectivity index (χ2n) is 5.62. The molecule has 0 bridgehead atoms. The summed E-state index contributed by atoms with van der Waals surface area (Å²) in [4.78, 5) is 12.3. The number of nitrogens with one attached hydrogen (secondary N) is 1. The first-order chi connectivity index (χ1) is 12.6. The largest absolute Gasteiger partial charge is 0.351 e. The van der Waals surface area contributed by atoms with Crippen molar-refractivity contribution in [3.8, 4) is 11.4 Å². The summed E-state index contributed by atoms with van der Waals surface area (Å²) in [6, 6.07) is 17.0. The van der Waals surface area contributed by atoms with Crippen LogP contribution in [0.5, 0.6) is 0 Å². The van der Waals surface area contributed by atoms with E-state index in [0.29, 0.717) is 28.1 Å². The molecule has 1 aromatic heterocycles. The van der Waals surface area contributed by atoms with Crippen LogP contribution in [0.3, 0.4) is 0 Å². The smallest absolute Gasteiger partial charge is 0.233 e. The summed E-state index contributed by atoms with van der Waals surface area (Å²) >= 11 is 7.43. The second kappa shape index (κ2) is 8.25. The quantitative estimate of drug-likeness (QED) is 0.501. The Morgan fingerprint density at radius 2 is 1.88 bits per heavy atom. The molecule has 8 heteroatoms. The van der Waals surface area contributed by atoms with Crippen molar-refractivity contribution in [1.82, 2.24) is 20.2 Å². The van der Waals surface area contributed by atoms with Crippen molar-refractivity contribution < 1.29 is 4.79 Å². The maximum atomic E-state index is 12.3. The van der Waals surface area contributed by atoms with Gasteiger partial charge in [-0.2, -0.15) is 0 Å². The first-order valence-electron chi connectivity index (χ1n) is 8.00. The maximum absolute atomic E-state index is 12.3. The van der Waals surface area contributed by atoms with Crippen molar-refractivity contribution >= 4 is 29.3 Å². The van der Waals surface area contributed by atoms with Crippen LogP contribution < -0.4 is 11.2 Å². The number of amides is 1. The highest BCUT2D eigenvalue weighted by Crippen LogP contribution is 2.28. The van der Waals surface area contributed by atoms with Crippen LogP contribution in [-0.2, 0) is 11.3 Å². The number of benzene rings is 2. The number of nitrogens with two attached hydrogens (primary N) is 1. The van der Waals surface area contributed by atoms with Crippen molar-refractivity contribution in [2.45, 2.75) is 23.9 Å². The van der Waals surface area contributed by atoms with Gasteiger partial charge in [0, 0.05) is 12.1 Å². The lowest BCUT2D eigenvalue weighted by Crippen LogP contribution is -2.30. The molecule has 2 aromatic carbocycles. The number of halogens is 1. The molecule has 26 heavy (non-hydrogen) atoms. The highest BCUT2D eigenvalue weighted by molar-refractivity contribution is 8.00. The van der Waals surface area contributed by atoms with E-state index in [1.54, 1.807) is 13.0 Å². The Bertz CT molecular complexity index is 900. The fraction of sp³-hybridized carbons (Fsp3) is 0.167. The summed E-state index contributed by atoms with van der Waals surface area (Å²) in [5, 5.41) is 11.7. The predicted molar refractivity (Wildman–Crippen MR) is 104 cm³/mol. The number of nitrogen functional groups attached to an aromatic ring is 1. The van der Waals surface area contributed by atoms with E-state index in [1.165, 1.54) is 16.4 Å². The van der Waals surface area contributed by atoms with Crippen LogP contribution >= 0.6 is 23.4 Å². The Morgan fingerprint density at radius 1 is 1.19 bits per heavy atom. The number of carbonyl (C=O) groups excluding carboxylic acids is 1. The van der Waals surface area contributed by atoms with Crippen LogP contribution in [0.25, 0.3) is 11.4 Å². The van der Waals surface area contributed by atoms with Crippen molar-refractivity contribution in [1.29, 1.82) is 0 Å². The summed E-state index contributed by atoms with van der Waals surface area (Å²) in [6.07, 6.45) is 0. The predicted octanol–water partition coefficient (Wildman–Crippen LogP) is 3.11. The van der Waals surface area contributed by atoms with Crippen LogP contribution in [0.15, 0.2) is 59.8 Å². The molecule has 1 amide bonds. The van der Waals surface area contributed by atoms with Crippen LogP contribution in [0.4, 0.5) is 0 Å². The van der Waals surface area contributed by atoms with Gasteiger partial charge in [0.05, 0.1) is 10.3 Å².